The molecule has 226 valence electrons. The van der Waals surface area contributed by atoms with Crippen molar-refractivity contribution >= 4 is 0 Å². The van der Waals surface area contributed by atoms with Crippen LogP contribution in [-0.2, 0) is 0 Å². The van der Waals surface area contributed by atoms with Crippen molar-refractivity contribution in [1.82, 2.24) is 0 Å². The minimum atomic E-state index is 0. The highest BCUT2D eigenvalue weighted by atomic mass is 127. The average molecular weight is 636 g/mol. The summed E-state index contributed by atoms with van der Waals surface area (Å²) < 4.78 is 1.43. The fourth-order valence-electron chi connectivity index (χ4n) is 6.08. The van der Waals surface area contributed by atoms with Crippen LogP contribution in [0.4, 0.5) is 0 Å². The van der Waals surface area contributed by atoms with Crippen LogP contribution in [0.25, 0.3) is 0 Å². The van der Waals surface area contributed by atoms with Gasteiger partial charge in [0.2, 0.25) is 0 Å². The van der Waals surface area contributed by atoms with E-state index >= 15 is 0 Å². The number of nitrogens with zero attached hydrogens (tertiary/aromatic N) is 1. The van der Waals surface area contributed by atoms with Crippen molar-refractivity contribution in [3.63, 3.8) is 0 Å². The summed E-state index contributed by atoms with van der Waals surface area (Å²) in [6.45, 7) is 15.2. The van der Waals surface area contributed by atoms with E-state index in [1.165, 1.54) is 204 Å². The molecule has 0 saturated carbocycles. The number of rotatable bonds is 31. The first-order chi connectivity index (χ1) is 17.7. The van der Waals surface area contributed by atoms with E-state index in [0.717, 1.165) is 0 Å². The first kappa shape index (κ1) is 39.8. The molecule has 0 aromatic carbocycles. The highest BCUT2D eigenvalue weighted by molar-refractivity contribution is 4.54. The third-order valence-electron chi connectivity index (χ3n) is 8.88. The average Bonchev–Trinajstić information content (AvgIpc) is 2.89. The van der Waals surface area contributed by atoms with E-state index in [2.05, 4.69) is 27.7 Å². The van der Waals surface area contributed by atoms with Gasteiger partial charge in [-0.15, -0.1) is 0 Å². The lowest BCUT2D eigenvalue weighted by atomic mass is 10.0. The molecule has 0 aromatic rings. The van der Waals surface area contributed by atoms with Gasteiger partial charge in [0.15, 0.2) is 0 Å². The predicted octanol–water partition coefficient (Wildman–Crippen LogP) is 9.42. The molecule has 0 spiro atoms. The summed E-state index contributed by atoms with van der Waals surface area (Å²) in [5.74, 6) is 0. The van der Waals surface area contributed by atoms with Crippen LogP contribution in [0.3, 0.4) is 0 Å². The number of hydrogen-bond donors (Lipinski definition) is 0. The molecule has 0 bridgehead atoms. The summed E-state index contributed by atoms with van der Waals surface area (Å²) in [6.07, 6.45) is 39.4. The van der Waals surface area contributed by atoms with Crippen LogP contribution in [0.5, 0.6) is 0 Å². The van der Waals surface area contributed by atoms with Gasteiger partial charge in [0.05, 0.1) is 26.2 Å². The Morgan fingerprint density at radius 3 is 0.649 bits per heavy atom. The van der Waals surface area contributed by atoms with Gasteiger partial charge in [0.1, 0.15) is 0 Å². The lowest BCUT2D eigenvalue weighted by molar-refractivity contribution is -0.927. The third kappa shape index (κ3) is 28.0. The Morgan fingerprint density at radius 2 is 0.459 bits per heavy atom. The maximum atomic E-state index is 2.50. The van der Waals surface area contributed by atoms with Gasteiger partial charge < -0.3 is 28.5 Å². The minimum absolute atomic E-state index is 0. The first-order valence-electron chi connectivity index (χ1n) is 17.6. The topological polar surface area (TPSA) is 0 Å². The normalized spacial score (nSPS) is 11.7. The Kier molecular flexibility index (Phi) is 35.4. The molecule has 0 aliphatic rings. The Balaban J connectivity index is 0. The highest BCUT2D eigenvalue weighted by Crippen LogP contribution is 2.19. The van der Waals surface area contributed by atoms with E-state index in [0.29, 0.717) is 0 Å². The lowest BCUT2D eigenvalue weighted by Crippen LogP contribution is -3.00. The molecule has 37 heavy (non-hydrogen) atoms. The maximum Gasteiger partial charge on any atom is 0.0786 e. The molecular formula is C35H74IN. The smallest absolute Gasteiger partial charge is 0.0786 e. The van der Waals surface area contributed by atoms with Crippen LogP contribution in [0.15, 0.2) is 0 Å². The van der Waals surface area contributed by atoms with E-state index in [1.807, 2.05) is 0 Å². The Bertz CT molecular complexity index is 342. The summed E-state index contributed by atoms with van der Waals surface area (Å²) >= 11 is 0. The Hall–Kier alpha value is 0.690. The molecule has 0 heterocycles. The van der Waals surface area contributed by atoms with Crippen molar-refractivity contribution in [3.8, 4) is 0 Å². The largest absolute Gasteiger partial charge is 1.00 e. The molecule has 0 radical (unpaired) electrons. The fourth-order valence-corrected chi connectivity index (χ4v) is 6.08. The summed E-state index contributed by atoms with van der Waals surface area (Å²) in [4.78, 5) is 0. The number of unbranched alkanes of at least 4 members (excludes halogenated alkanes) is 24. The molecule has 2 heteroatoms. The van der Waals surface area contributed by atoms with Crippen molar-refractivity contribution in [2.75, 3.05) is 26.2 Å². The maximum absolute atomic E-state index is 2.50. The van der Waals surface area contributed by atoms with Crippen LogP contribution >= 0.6 is 0 Å². The second-order valence-corrected chi connectivity index (χ2v) is 12.3. The van der Waals surface area contributed by atoms with Gasteiger partial charge in [0, 0.05) is 0 Å². The fraction of sp³-hybridized carbons (Fsp3) is 1.00. The number of hydrogen-bond acceptors (Lipinski definition) is 0. The summed E-state index contributed by atoms with van der Waals surface area (Å²) in [7, 11) is 0. The second kappa shape index (κ2) is 32.9. The lowest BCUT2D eigenvalue weighted by Gasteiger charge is -2.38. The van der Waals surface area contributed by atoms with Gasteiger partial charge in [-0.25, -0.2) is 0 Å². The van der Waals surface area contributed by atoms with Crippen LogP contribution < -0.4 is 24.0 Å². The molecule has 0 unspecified atom stereocenters. The molecule has 0 aliphatic carbocycles. The molecule has 0 amide bonds. The molecule has 0 rings (SSSR count). The second-order valence-electron chi connectivity index (χ2n) is 12.3. The Labute approximate surface area is 254 Å². The zero-order valence-corrected chi connectivity index (χ0v) is 28.9. The van der Waals surface area contributed by atoms with Crippen molar-refractivity contribution in [2.24, 2.45) is 0 Å². The molecule has 0 aromatic heterocycles. The molecule has 0 saturated heterocycles. The predicted molar refractivity (Wildman–Crippen MR) is 167 cm³/mol. The first-order valence-corrected chi connectivity index (χ1v) is 17.6. The van der Waals surface area contributed by atoms with Gasteiger partial charge >= 0.3 is 0 Å². The van der Waals surface area contributed by atoms with Crippen molar-refractivity contribution in [1.29, 1.82) is 0 Å². The summed E-state index contributed by atoms with van der Waals surface area (Å²) in [5, 5.41) is 0. The molecule has 0 fully saturated rings. The van der Waals surface area contributed by atoms with Gasteiger partial charge in [-0.05, 0) is 45.4 Å². The molecule has 1 nitrogen and oxygen atoms in total. The summed E-state index contributed by atoms with van der Waals surface area (Å²) in [5.41, 5.74) is 0. The zero-order valence-electron chi connectivity index (χ0n) is 26.7. The van der Waals surface area contributed by atoms with Gasteiger partial charge in [-0.3, -0.25) is 0 Å². The van der Waals surface area contributed by atoms with Gasteiger partial charge in [-0.2, -0.15) is 0 Å². The number of halogens is 1. The molecular weight excluding hydrogens is 561 g/mol. The quantitative estimate of drug-likeness (QED) is 0.0405. The highest BCUT2D eigenvalue weighted by Gasteiger charge is 2.23. The van der Waals surface area contributed by atoms with E-state index in [4.69, 9.17) is 0 Å². The van der Waals surface area contributed by atoms with Crippen molar-refractivity contribution < 1.29 is 28.5 Å². The van der Waals surface area contributed by atoms with Crippen LogP contribution in [0.2, 0.25) is 0 Å². The van der Waals surface area contributed by atoms with Crippen molar-refractivity contribution in [2.45, 2.75) is 201 Å². The van der Waals surface area contributed by atoms with Crippen LogP contribution in [-0.4, -0.2) is 30.7 Å². The molecule has 0 aliphatic heterocycles. The van der Waals surface area contributed by atoms with Gasteiger partial charge in [0.25, 0.3) is 0 Å². The molecule has 0 atom stereocenters. The standard InChI is InChI=1S/C35H74N.HI/c1-5-9-12-15-18-21-24-27-30-33-36(8-4,34-31-28-25-22-19-16-13-10-6-2)35-32-29-26-23-20-17-14-11-7-3;/h5-35H2,1-4H3;1H/q+1;/p-1. The SMILES string of the molecule is CCCCCCCCCCC[N+](CC)(CCCCCCCCCCC)CCCCCCCCCCC.[I-]. The minimum Gasteiger partial charge on any atom is -1.00 e. The molecule has 0 N–H and O–H groups in total. The van der Waals surface area contributed by atoms with E-state index < -0.39 is 0 Å². The van der Waals surface area contributed by atoms with Crippen molar-refractivity contribution in [3.05, 3.63) is 0 Å². The van der Waals surface area contributed by atoms with Crippen LogP contribution in [0.1, 0.15) is 201 Å². The van der Waals surface area contributed by atoms with Crippen LogP contribution in [0, 0.1) is 0 Å². The summed E-state index contributed by atoms with van der Waals surface area (Å²) in [6, 6.07) is 0. The Morgan fingerprint density at radius 1 is 0.270 bits per heavy atom. The van der Waals surface area contributed by atoms with E-state index in [-0.39, 0.29) is 24.0 Å². The third-order valence-corrected chi connectivity index (χ3v) is 8.88. The zero-order chi connectivity index (χ0) is 26.4. The monoisotopic (exact) mass is 635 g/mol. The van der Waals surface area contributed by atoms with E-state index in [9.17, 15) is 0 Å². The van der Waals surface area contributed by atoms with E-state index in [1.54, 1.807) is 0 Å². The number of quaternary nitrogens is 1. The van der Waals surface area contributed by atoms with Gasteiger partial charge in [-0.1, -0.05) is 156 Å².